The molecule has 31 heavy (non-hydrogen) atoms. The van der Waals surface area contributed by atoms with Crippen molar-refractivity contribution >= 4 is 44.2 Å². The minimum Gasteiger partial charge on any atom is -0.456 e. The van der Waals surface area contributed by atoms with Crippen LogP contribution >= 0.6 is 11.3 Å². The van der Waals surface area contributed by atoms with E-state index in [0.29, 0.717) is 6.42 Å². The fourth-order valence-electron chi connectivity index (χ4n) is 3.62. The average molecular weight is 433 g/mol. The molecule has 1 heterocycles. The highest BCUT2D eigenvalue weighted by molar-refractivity contribution is 7.18. The van der Waals surface area contributed by atoms with E-state index < -0.39 is 0 Å². The quantitative estimate of drug-likeness (QED) is 0.389. The minimum atomic E-state index is -0.367. The summed E-state index contributed by atoms with van der Waals surface area (Å²) in [6.07, 6.45) is 1.63. The van der Waals surface area contributed by atoms with E-state index in [1.807, 2.05) is 73.7 Å². The summed E-state index contributed by atoms with van der Waals surface area (Å²) < 4.78 is 6.31. The van der Waals surface area contributed by atoms with Crippen LogP contribution in [0.25, 0.3) is 21.0 Å². The van der Waals surface area contributed by atoms with Crippen LogP contribution in [0, 0.1) is 0 Å². The Labute approximate surface area is 185 Å². The summed E-state index contributed by atoms with van der Waals surface area (Å²) in [7, 11) is 0. The third-order valence-electron chi connectivity index (χ3n) is 5.14. The molecule has 0 fully saturated rings. The largest absolute Gasteiger partial charge is 0.456 e. The third-order valence-corrected chi connectivity index (χ3v) is 6.24. The first-order valence-electron chi connectivity index (χ1n) is 10.4. The van der Waals surface area contributed by atoms with Crippen LogP contribution in [0.5, 0.6) is 0 Å². The molecule has 1 aromatic heterocycles. The molecule has 0 radical (unpaired) electrons. The van der Waals surface area contributed by atoms with Crippen molar-refractivity contribution in [2.45, 2.75) is 32.2 Å². The Morgan fingerprint density at radius 3 is 2.68 bits per heavy atom. The molecular weight excluding hydrogens is 408 g/mol. The van der Waals surface area contributed by atoms with Crippen LogP contribution in [0.4, 0.5) is 0 Å². The number of rotatable bonds is 8. The highest BCUT2D eigenvalue weighted by Gasteiger charge is 2.14. The molecule has 4 rings (SSSR count). The Morgan fingerprint density at radius 1 is 1.03 bits per heavy atom. The van der Waals surface area contributed by atoms with Crippen molar-refractivity contribution in [1.82, 2.24) is 10.3 Å². The first-order valence-corrected chi connectivity index (χ1v) is 11.2. The summed E-state index contributed by atoms with van der Waals surface area (Å²) in [5.41, 5.74) is 2.02. The number of para-hydroxylation sites is 1. The van der Waals surface area contributed by atoms with Gasteiger partial charge in [-0.1, -0.05) is 54.6 Å². The number of hydrogen-bond donors (Lipinski definition) is 1. The van der Waals surface area contributed by atoms with Crippen LogP contribution in [-0.4, -0.2) is 23.5 Å². The molecule has 0 aliphatic heterocycles. The molecule has 4 aromatic rings. The summed E-state index contributed by atoms with van der Waals surface area (Å²) in [6, 6.07) is 21.9. The fraction of sp³-hybridized carbons (Fsp3) is 0.240. The van der Waals surface area contributed by atoms with Gasteiger partial charge >= 0.3 is 5.97 Å². The highest BCUT2D eigenvalue weighted by atomic mass is 32.1. The van der Waals surface area contributed by atoms with Crippen molar-refractivity contribution in [2.24, 2.45) is 0 Å². The summed E-state index contributed by atoms with van der Waals surface area (Å²) in [4.78, 5) is 28.9. The van der Waals surface area contributed by atoms with Gasteiger partial charge in [-0.2, -0.15) is 0 Å². The van der Waals surface area contributed by atoms with Gasteiger partial charge in [-0.3, -0.25) is 9.59 Å². The van der Waals surface area contributed by atoms with Gasteiger partial charge in [0.15, 0.2) is 6.61 Å². The number of carbonyl (C=O) groups is 2. The number of hydrogen-bond acceptors (Lipinski definition) is 5. The van der Waals surface area contributed by atoms with Gasteiger partial charge < -0.3 is 10.1 Å². The van der Waals surface area contributed by atoms with E-state index in [4.69, 9.17) is 4.74 Å². The number of ether oxygens (including phenoxy) is 1. The van der Waals surface area contributed by atoms with Gasteiger partial charge in [-0.05, 0) is 48.2 Å². The Bertz CT molecular complexity index is 1180. The molecule has 0 spiro atoms. The second kappa shape index (κ2) is 9.71. The number of nitrogens with zero attached hydrogens (tertiary/aromatic N) is 1. The highest BCUT2D eigenvalue weighted by Crippen LogP contribution is 2.24. The zero-order valence-electron chi connectivity index (χ0n) is 17.3. The Hall–Kier alpha value is -3.25. The lowest BCUT2D eigenvalue weighted by molar-refractivity contribution is -0.148. The van der Waals surface area contributed by atoms with Gasteiger partial charge in [0, 0.05) is 6.42 Å². The average Bonchev–Trinajstić information content (AvgIpc) is 3.20. The number of aromatic nitrogens is 1. The van der Waals surface area contributed by atoms with Crippen molar-refractivity contribution in [3.63, 3.8) is 0 Å². The first kappa shape index (κ1) is 21.0. The molecule has 1 amide bonds. The molecule has 158 valence electrons. The van der Waals surface area contributed by atoms with E-state index in [1.165, 1.54) is 0 Å². The van der Waals surface area contributed by atoms with Crippen LogP contribution in [-0.2, 0) is 20.7 Å². The summed E-state index contributed by atoms with van der Waals surface area (Å²) in [5.74, 6) is -0.672. The molecule has 1 atom stereocenters. The zero-order valence-corrected chi connectivity index (χ0v) is 18.2. The van der Waals surface area contributed by atoms with Gasteiger partial charge in [0.25, 0.3) is 5.91 Å². The maximum Gasteiger partial charge on any atom is 0.306 e. The van der Waals surface area contributed by atoms with Gasteiger partial charge in [-0.25, -0.2) is 4.98 Å². The second-order valence-electron chi connectivity index (χ2n) is 7.45. The molecule has 0 saturated heterocycles. The lowest BCUT2D eigenvalue weighted by Crippen LogP contribution is -2.31. The monoisotopic (exact) mass is 432 g/mol. The van der Waals surface area contributed by atoms with E-state index in [0.717, 1.165) is 38.0 Å². The Morgan fingerprint density at radius 2 is 1.81 bits per heavy atom. The number of carbonyl (C=O) groups excluding carboxylic acids is 2. The van der Waals surface area contributed by atoms with Crippen molar-refractivity contribution < 1.29 is 14.3 Å². The van der Waals surface area contributed by atoms with Gasteiger partial charge in [-0.15, -0.1) is 11.3 Å². The Kier molecular flexibility index (Phi) is 6.57. The molecule has 0 bridgehead atoms. The zero-order chi connectivity index (χ0) is 21.6. The van der Waals surface area contributed by atoms with Gasteiger partial charge in [0.1, 0.15) is 0 Å². The summed E-state index contributed by atoms with van der Waals surface area (Å²) in [5, 5.41) is 6.15. The number of amides is 1. The van der Waals surface area contributed by atoms with Gasteiger partial charge in [0.2, 0.25) is 0 Å². The number of thiazole rings is 1. The maximum absolute atomic E-state index is 12.3. The van der Waals surface area contributed by atoms with Crippen molar-refractivity contribution in [3.8, 4) is 0 Å². The molecule has 3 aromatic carbocycles. The predicted molar refractivity (Wildman–Crippen MR) is 124 cm³/mol. The first-order chi connectivity index (χ1) is 15.1. The van der Waals surface area contributed by atoms with Crippen molar-refractivity contribution in [2.75, 3.05) is 6.61 Å². The maximum atomic E-state index is 12.3. The molecule has 6 heteroatoms. The standard InChI is InChI=1S/C25H24N2O3S/c1-17(19-11-6-9-18-8-2-3-10-20(18)19)26-23(28)16-30-25(29)15-7-14-24-27-21-12-4-5-13-22(21)31-24/h2-6,8-13,17H,7,14-16H2,1H3,(H,26,28). The molecule has 5 nitrogen and oxygen atoms in total. The van der Waals surface area contributed by atoms with E-state index in [2.05, 4.69) is 10.3 Å². The summed E-state index contributed by atoms with van der Waals surface area (Å²) >= 11 is 1.65. The molecule has 0 aliphatic rings. The third kappa shape index (κ3) is 5.27. The second-order valence-corrected chi connectivity index (χ2v) is 8.56. The smallest absolute Gasteiger partial charge is 0.306 e. The predicted octanol–water partition coefficient (Wildman–Crippen LogP) is 5.19. The van der Waals surface area contributed by atoms with Crippen LogP contribution < -0.4 is 5.32 Å². The summed E-state index contributed by atoms with van der Waals surface area (Å²) in [6.45, 7) is 1.66. The van der Waals surface area contributed by atoms with E-state index in [1.54, 1.807) is 11.3 Å². The van der Waals surface area contributed by atoms with Crippen molar-refractivity contribution in [1.29, 1.82) is 0 Å². The number of esters is 1. The molecule has 1 N–H and O–H groups in total. The number of aryl methyl sites for hydroxylation is 1. The lowest BCUT2D eigenvalue weighted by atomic mass is 10.00. The van der Waals surface area contributed by atoms with Crippen LogP contribution in [0.1, 0.15) is 36.4 Å². The lowest BCUT2D eigenvalue weighted by Gasteiger charge is -2.16. The minimum absolute atomic E-state index is 0.184. The van der Waals surface area contributed by atoms with Gasteiger partial charge in [0.05, 0.1) is 21.3 Å². The van der Waals surface area contributed by atoms with Crippen molar-refractivity contribution in [3.05, 3.63) is 77.3 Å². The van der Waals surface area contributed by atoms with Crippen LogP contribution in [0.3, 0.4) is 0 Å². The van der Waals surface area contributed by atoms with E-state index >= 15 is 0 Å². The number of nitrogens with one attached hydrogen (secondary N) is 1. The normalized spacial score (nSPS) is 12.0. The Balaban J connectivity index is 1.22. The van der Waals surface area contributed by atoms with E-state index in [9.17, 15) is 9.59 Å². The molecule has 0 aliphatic carbocycles. The molecule has 1 unspecified atom stereocenters. The number of fused-ring (bicyclic) bond motifs is 2. The topological polar surface area (TPSA) is 68.3 Å². The van der Waals surface area contributed by atoms with Crippen LogP contribution in [0.15, 0.2) is 66.7 Å². The fourth-order valence-corrected chi connectivity index (χ4v) is 4.63. The van der Waals surface area contributed by atoms with E-state index in [-0.39, 0.29) is 30.9 Å². The molecular formula is C25H24N2O3S. The molecule has 0 saturated carbocycles. The number of benzene rings is 3. The SMILES string of the molecule is CC(NC(=O)COC(=O)CCCc1nc2ccccc2s1)c1cccc2ccccc12. The van der Waals surface area contributed by atoms with Crippen LogP contribution in [0.2, 0.25) is 0 Å².